The van der Waals surface area contributed by atoms with Crippen LogP contribution >= 0.6 is 11.3 Å². The van der Waals surface area contributed by atoms with Gasteiger partial charge >= 0.3 is 5.97 Å². The average molecular weight is 371 g/mol. The number of thiazole rings is 1. The number of aromatic nitrogens is 2. The number of nitro benzene ring substituents is 1. The predicted octanol–water partition coefficient (Wildman–Crippen LogP) is 3.64. The summed E-state index contributed by atoms with van der Waals surface area (Å²) in [5, 5.41) is 10.8. The molecule has 0 bridgehead atoms. The Morgan fingerprint density at radius 2 is 2.19 bits per heavy atom. The van der Waals surface area contributed by atoms with Gasteiger partial charge in [0.2, 0.25) is 0 Å². The van der Waals surface area contributed by atoms with E-state index in [-0.39, 0.29) is 17.6 Å². The highest BCUT2D eigenvalue weighted by Gasteiger charge is 2.29. The quantitative estimate of drug-likeness (QED) is 0.397. The third-order valence-electron chi connectivity index (χ3n) is 4.65. The highest BCUT2D eigenvalue weighted by atomic mass is 32.1. The molecule has 0 amide bonds. The molecule has 0 N–H and O–H groups in total. The Bertz CT molecular complexity index is 990. The van der Waals surface area contributed by atoms with Gasteiger partial charge in [-0.05, 0) is 31.9 Å². The molecule has 4 rings (SSSR count). The number of fused-ring (bicyclic) bond motifs is 3. The highest BCUT2D eigenvalue weighted by Crippen LogP contribution is 2.34. The van der Waals surface area contributed by atoms with Crippen LogP contribution in [0.1, 0.15) is 23.9 Å². The van der Waals surface area contributed by atoms with Gasteiger partial charge in [-0.2, -0.15) is 0 Å². The van der Waals surface area contributed by atoms with E-state index in [0.29, 0.717) is 13.0 Å². The van der Waals surface area contributed by atoms with E-state index in [0.717, 1.165) is 34.8 Å². The number of ether oxygens (including phenoxy) is 1. The van der Waals surface area contributed by atoms with Crippen LogP contribution in [0.5, 0.6) is 0 Å². The first-order chi connectivity index (χ1) is 12.6. The molecule has 2 heterocycles. The second-order valence-corrected chi connectivity index (χ2v) is 7.31. The minimum absolute atomic E-state index is 0.0597. The topological polar surface area (TPSA) is 86.7 Å². The molecule has 1 atom stereocenters. The van der Waals surface area contributed by atoms with E-state index in [1.165, 1.54) is 17.0 Å². The molecule has 1 unspecified atom stereocenters. The fourth-order valence-electron chi connectivity index (χ4n) is 3.33. The Kier molecular flexibility index (Phi) is 4.20. The highest BCUT2D eigenvalue weighted by molar-refractivity contribution is 7.17. The summed E-state index contributed by atoms with van der Waals surface area (Å²) in [6, 6.07) is 6.38. The number of hydrogen-bond donors (Lipinski definition) is 0. The molecule has 0 fully saturated rings. The average Bonchev–Trinajstić information content (AvgIpc) is 3.19. The number of nitrogens with zero attached hydrogens (tertiary/aromatic N) is 3. The molecule has 0 spiro atoms. The molecule has 134 valence electrons. The summed E-state index contributed by atoms with van der Waals surface area (Å²) >= 11 is 1.64. The summed E-state index contributed by atoms with van der Waals surface area (Å²) < 4.78 is 7.22. The summed E-state index contributed by atoms with van der Waals surface area (Å²) in [6.45, 7) is 2.22. The maximum atomic E-state index is 12.1. The molecule has 1 aromatic carbocycles. The fourth-order valence-corrected chi connectivity index (χ4v) is 4.48. The number of aryl methyl sites for hydroxylation is 1. The van der Waals surface area contributed by atoms with Crippen molar-refractivity contribution in [1.29, 1.82) is 0 Å². The van der Waals surface area contributed by atoms with Crippen LogP contribution in [0.4, 0.5) is 5.69 Å². The Balaban J connectivity index is 1.65. The first-order valence-electron chi connectivity index (χ1n) is 8.48. The number of benzene rings is 1. The molecule has 3 aromatic rings. The first-order valence-corrected chi connectivity index (χ1v) is 9.29. The van der Waals surface area contributed by atoms with Gasteiger partial charge in [-0.1, -0.05) is 0 Å². The van der Waals surface area contributed by atoms with Crippen molar-refractivity contribution in [1.82, 2.24) is 9.38 Å². The molecule has 1 aliphatic carbocycles. The van der Waals surface area contributed by atoms with Crippen molar-refractivity contribution in [2.24, 2.45) is 5.92 Å². The summed E-state index contributed by atoms with van der Waals surface area (Å²) in [7, 11) is 0. The second-order valence-electron chi connectivity index (χ2n) is 6.25. The van der Waals surface area contributed by atoms with Gasteiger partial charge < -0.3 is 4.74 Å². The molecule has 2 aromatic heterocycles. The van der Waals surface area contributed by atoms with Gasteiger partial charge in [-0.3, -0.25) is 19.3 Å². The third-order valence-corrected chi connectivity index (χ3v) is 5.81. The van der Waals surface area contributed by atoms with Gasteiger partial charge in [0.25, 0.3) is 5.69 Å². The maximum Gasteiger partial charge on any atom is 0.309 e. The van der Waals surface area contributed by atoms with Crippen molar-refractivity contribution in [3.8, 4) is 11.3 Å². The molecule has 0 aliphatic heterocycles. The van der Waals surface area contributed by atoms with Crippen molar-refractivity contribution < 1.29 is 14.5 Å². The van der Waals surface area contributed by atoms with Gasteiger partial charge in [-0.15, -0.1) is 11.3 Å². The molecular formula is C18H17N3O4S. The lowest BCUT2D eigenvalue weighted by Crippen LogP contribution is -2.24. The van der Waals surface area contributed by atoms with Gasteiger partial charge in [0, 0.05) is 40.9 Å². The van der Waals surface area contributed by atoms with E-state index in [2.05, 4.69) is 4.98 Å². The number of rotatable bonds is 4. The number of non-ortho nitro benzene ring substituents is 1. The Morgan fingerprint density at radius 3 is 2.88 bits per heavy atom. The van der Waals surface area contributed by atoms with Crippen LogP contribution in [0.3, 0.4) is 0 Å². The van der Waals surface area contributed by atoms with Crippen LogP contribution < -0.4 is 0 Å². The number of esters is 1. The van der Waals surface area contributed by atoms with Crippen molar-refractivity contribution in [2.75, 3.05) is 6.61 Å². The van der Waals surface area contributed by atoms with E-state index in [1.54, 1.807) is 23.5 Å². The Morgan fingerprint density at radius 1 is 1.42 bits per heavy atom. The second kappa shape index (κ2) is 6.53. The summed E-state index contributed by atoms with van der Waals surface area (Å²) in [6.07, 6.45) is 4.27. The van der Waals surface area contributed by atoms with Crippen molar-refractivity contribution in [2.45, 2.75) is 26.2 Å². The summed E-state index contributed by atoms with van der Waals surface area (Å²) in [4.78, 5) is 29.3. The molecule has 1 aliphatic rings. The molecule has 0 saturated carbocycles. The number of carbonyl (C=O) groups excluding carboxylic acids is 1. The van der Waals surface area contributed by atoms with Gasteiger partial charge in [0.1, 0.15) is 0 Å². The van der Waals surface area contributed by atoms with E-state index in [1.807, 2.05) is 17.5 Å². The number of hydrogen-bond acceptors (Lipinski definition) is 6. The van der Waals surface area contributed by atoms with E-state index in [9.17, 15) is 14.9 Å². The minimum Gasteiger partial charge on any atom is -0.466 e. The largest absolute Gasteiger partial charge is 0.466 e. The molecular weight excluding hydrogens is 354 g/mol. The number of imidazole rings is 1. The Labute approximate surface area is 153 Å². The number of carbonyl (C=O) groups is 1. The van der Waals surface area contributed by atoms with Crippen molar-refractivity contribution >= 4 is 28.0 Å². The molecule has 7 nitrogen and oxygen atoms in total. The molecule has 8 heteroatoms. The van der Waals surface area contributed by atoms with Gasteiger partial charge in [0.15, 0.2) is 4.96 Å². The smallest absolute Gasteiger partial charge is 0.309 e. The fraction of sp³-hybridized carbons (Fsp3) is 0.333. The van der Waals surface area contributed by atoms with Crippen LogP contribution in [0, 0.1) is 16.0 Å². The predicted molar refractivity (Wildman–Crippen MR) is 97.3 cm³/mol. The van der Waals surface area contributed by atoms with Gasteiger partial charge in [-0.25, -0.2) is 4.98 Å². The summed E-state index contributed by atoms with van der Waals surface area (Å²) in [5.74, 6) is -0.237. The molecule has 0 saturated heterocycles. The van der Waals surface area contributed by atoms with Crippen molar-refractivity contribution in [3.63, 3.8) is 0 Å². The van der Waals surface area contributed by atoms with Crippen LogP contribution in [-0.4, -0.2) is 26.9 Å². The SMILES string of the molecule is CCOC(=O)C1CCc2sc3nc(-c4ccc([N+](=O)[O-])cc4)cn3c2C1. The molecule has 0 radical (unpaired) electrons. The lowest BCUT2D eigenvalue weighted by atomic mass is 9.91. The van der Waals surface area contributed by atoms with Crippen LogP contribution in [0.25, 0.3) is 16.2 Å². The normalized spacial score (nSPS) is 16.4. The van der Waals surface area contributed by atoms with E-state index >= 15 is 0 Å². The third kappa shape index (κ3) is 2.86. The van der Waals surface area contributed by atoms with Crippen LogP contribution in [0.2, 0.25) is 0 Å². The standard InChI is InChI=1S/C18H17N3O4S/c1-2-25-17(22)12-5-8-16-15(9-12)20-10-14(19-18(20)26-16)11-3-6-13(7-4-11)21(23)24/h3-4,6-7,10,12H,2,5,8-9H2,1H3. The van der Waals surface area contributed by atoms with Crippen LogP contribution in [-0.2, 0) is 22.4 Å². The number of nitro groups is 1. The van der Waals surface area contributed by atoms with Crippen molar-refractivity contribution in [3.05, 3.63) is 51.1 Å². The lowest BCUT2D eigenvalue weighted by molar-refractivity contribution is -0.384. The minimum atomic E-state index is -0.415. The lowest BCUT2D eigenvalue weighted by Gasteiger charge is -2.20. The zero-order valence-corrected chi connectivity index (χ0v) is 15.0. The zero-order valence-electron chi connectivity index (χ0n) is 14.2. The monoisotopic (exact) mass is 371 g/mol. The first kappa shape index (κ1) is 16.7. The Hall–Kier alpha value is -2.74. The summed E-state index contributed by atoms with van der Waals surface area (Å²) in [5.41, 5.74) is 2.78. The van der Waals surface area contributed by atoms with Gasteiger partial charge in [0.05, 0.1) is 23.1 Å². The van der Waals surface area contributed by atoms with E-state index < -0.39 is 4.92 Å². The molecule has 26 heavy (non-hydrogen) atoms. The maximum absolute atomic E-state index is 12.1. The van der Waals surface area contributed by atoms with Crippen LogP contribution in [0.15, 0.2) is 30.5 Å². The zero-order chi connectivity index (χ0) is 18.3. The van der Waals surface area contributed by atoms with E-state index in [4.69, 9.17) is 4.74 Å².